The van der Waals surface area contributed by atoms with Gasteiger partial charge in [-0.05, 0) is 42.6 Å². The van der Waals surface area contributed by atoms with Crippen molar-refractivity contribution >= 4 is 5.91 Å². The fraction of sp³-hybridized carbons (Fsp3) is 0.368. The minimum Gasteiger partial charge on any atom is -0.395 e. The summed E-state index contributed by atoms with van der Waals surface area (Å²) in [7, 11) is 0. The molecule has 2 aromatic rings. The molecule has 0 bridgehead atoms. The zero-order valence-electron chi connectivity index (χ0n) is 13.7. The van der Waals surface area contributed by atoms with Crippen molar-refractivity contribution in [3.05, 3.63) is 65.5 Å². The Labute approximate surface area is 142 Å². The highest BCUT2D eigenvalue weighted by atomic mass is 16.3. The lowest BCUT2D eigenvalue weighted by atomic mass is 10.1. The van der Waals surface area contributed by atoms with Crippen LogP contribution in [0.3, 0.4) is 0 Å². The van der Waals surface area contributed by atoms with Crippen molar-refractivity contribution in [2.75, 3.05) is 13.2 Å². The number of aromatic nitrogens is 1. The molecule has 5 heteroatoms. The molecule has 2 N–H and O–H groups in total. The Morgan fingerprint density at radius 3 is 2.71 bits per heavy atom. The van der Waals surface area contributed by atoms with Crippen LogP contribution in [0.2, 0.25) is 0 Å². The van der Waals surface area contributed by atoms with Gasteiger partial charge in [-0.2, -0.15) is 0 Å². The number of nitrogens with one attached hydrogen (secondary N) is 1. The molecule has 1 atom stereocenters. The third-order valence-electron chi connectivity index (χ3n) is 4.58. The van der Waals surface area contributed by atoms with E-state index in [0.29, 0.717) is 12.1 Å². The van der Waals surface area contributed by atoms with Crippen molar-refractivity contribution in [2.45, 2.75) is 32.0 Å². The van der Waals surface area contributed by atoms with E-state index in [-0.39, 0.29) is 18.6 Å². The topological polar surface area (TPSA) is 65.5 Å². The monoisotopic (exact) mass is 325 g/mol. The summed E-state index contributed by atoms with van der Waals surface area (Å²) in [6.07, 6.45) is 5.42. The smallest absolute Gasteiger partial charge is 0.251 e. The molecule has 1 amide bonds. The third kappa shape index (κ3) is 3.99. The number of hydrogen-bond acceptors (Lipinski definition) is 4. The SMILES string of the molecule is O=C(NCc1ccccc1CN1CCC[C@H]1CO)c1ccncc1. The van der Waals surface area contributed by atoms with Crippen LogP contribution in [-0.2, 0) is 13.1 Å². The van der Waals surface area contributed by atoms with Crippen LogP contribution >= 0.6 is 0 Å². The number of hydrogen-bond donors (Lipinski definition) is 2. The maximum atomic E-state index is 12.2. The normalized spacial score (nSPS) is 17.8. The summed E-state index contributed by atoms with van der Waals surface area (Å²) in [6, 6.07) is 11.8. The highest BCUT2D eigenvalue weighted by Crippen LogP contribution is 2.21. The van der Waals surface area contributed by atoms with Crippen LogP contribution in [-0.4, -0.2) is 40.1 Å². The molecule has 2 heterocycles. The maximum absolute atomic E-state index is 12.2. The number of pyridine rings is 1. The summed E-state index contributed by atoms with van der Waals surface area (Å²) < 4.78 is 0. The predicted octanol–water partition coefficient (Wildman–Crippen LogP) is 1.97. The lowest BCUT2D eigenvalue weighted by molar-refractivity contribution is 0.0950. The first kappa shape index (κ1) is 16.6. The van der Waals surface area contributed by atoms with Gasteiger partial charge in [0.15, 0.2) is 0 Å². The second-order valence-corrected chi connectivity index (χ2v) is 6.14. The molecule has 0 radical (unpaired) electrons. The van der Waals surface area contributed by atoms with Crippen molar-refractivity contribution in [1.82, 2.24) is 15.2 Å². The molecule has 1 aromatic heterocycles. The van der Waals surface area contributed by atoms with E-state index >= 15 is 0 Å². The number of aliphatic hydroxyl groups excluding tert-OH is 1. The zero-order chi connectivity index (χ0) is 16.8. The number of nitrogens with zero attached hydrogens (tertiary/aromatic N) is 2. The van der Waals surface area contributed by atoms with E-state index in [0.717, 1.165) is 31.5 Å². The quantitative estimate of drug-likeness (QED) is 0.852. The van der Waals surface area contributed by atoms with Gasteiger partial charge in [0.2, 0.25) is 0 Å². The Bertz CT molecular complexity index is 675. The lowest BCUT2D eigenvalue weighted by Crippen LogP contribution is -2.32. The highest BCUT2D eigenvalue weighted by Gasteiger charge is 2.24. The molecule has 126 valence electrons. The molecule has 3 rings (SSSR count). The summed E-state index contributed by atoms with van der Waals surface area (Å²) in [5.74, 6) is -0.0957. The Kier molecular flexibility index (Phi) is 5.56. The minimum atomic E-state index is -0.0957. The van der Waals surface area contributed by atoms with Gasteiger partial charge in [-0.1, -0.05) is 24.3 Å². The van der Waals surface area contributed by atoms with Crippen LogP contribution < -0.4 is 5.32 Å². The van der Waals surface area contributed by atoms with E-state index in [9.17, 15) is 9.90 Å². The first-order valence-electron chi connectivity index (χ1n) is 8.38. The van der Waals surface area contributed by atoms with Gasteiger partial charge in [0.05, 0.1) is 6.61 Å². The fourth-order valence-corrected chi connectivity index (χ4v) is 3.19. The Balaban J connectivity index is 1.65. The molecule has 1 saturated heterocycles. The van der Waals surface area contributed by atoms with E-state index in [4.69, 9.17) is 0 Å². The van der Waals surface area contributed by atoms with Gasteiger partial charge in [0.1, 0.15) is 0 Å². The van der Waals surface area contributed by atoms with Crippen LogP contribution in [0.5, 0.6) is 0 Å². The van der Waals surface area contributed by atoms with Crippen molar-refractivity contribution < 1.29 is 9.90 Å². The average molecular weight is 325 g/mol. The highest BCUT2D eigenvalue weighted by molar-refractivity contribution is 5.93. The molecule has 0 saturated carbocycles. The van der Waals surface area contributed by atoms with Gasteiger partial charge in [0.25, 0.3) is 5.91 Å². The number of benzene rings is 1. The molecule has 0 unspecified atom stereocenters. The van der Waals surface area contributed by atoms with E-state index in [1.54, 1.807) is 24.5 Å². The molecule has 24 heavy (non-hydrogen) atoms. The number of aliphatic hydroxyl groups is 1. The third-order valence-corrected chi connectivity index (χ3v) is 4.58. The van der Waals surface area contributed by atoms with Gasteiger partial charge in [-0.15, -0.1) is 0 Å². The van der Waals surface area contributed by atoms with Crippen LogP contribution in [0.25, 0.3) is 0 Å². The van der Waals surface area contributed by atoms with Crippen molar-refractivity contribution in [2.24, 2.45) is 0 Å². The number of likely N-dealkylation sites (tertiary alicyclic amines) is 1. The minimum absolute atomic E-state index is 0.0957. The number of amides is 1. The van der Waals surface area contributed by atoms with E-state index < -0.39 is 0 Å². The second-order valence-electron chi connectivity index (χ2n) is 6.14. The molecule has 1 fully saturated rings. The fourth-order valence-electron chi connectivity index (χ4n) is 3.19. The maximum Gasteiger partial charge on any atom is 0.251 e. The van der Waals surface area contributed by atoms with E-state index in [1.165, 1.54) is 5.56 Å². The number of carbonyl (C=O) groups excluding carboxylic acids is 1. The summed E-state index contributed by atoms with van der Waals surface area (Å²) in [4.78, 5) is 18.4. The van der Waals surface area contributed by atoms with Crippen molar-refractivity contribution in [3.8, 4) is 0 Å². The first-order valence-corrected chi connectivity index (χ1v) is 8.38. The van der Waals surface area contributed by atoms with E-state index in [2.05, 4.69) is 21.3 Å². The van der Waals surface area contributed by atoms with Gasteiger partial charge in [0, 0.05) is 37.1 Å². The van der Waals surface area contributed by atoms with Crippen molar-refractivity contribution in [1.29, 1.82) is 0 Å². The molecule has 0 spiro atoms. The average Bonchev–Trinajstić information content (AvgIpc) is 3.08. The lowest BCUT2D eigenvalue weighted by Gasteiger charge is -2.24. The molecule has 1 aromatic carbocycles. The molecule has 5 nitrogen and oxygen atoms in total. The summed E-state index contributed by atoms with van der Waals surface area (Å²) in [5, 5.41) is 12.5. The van der Waals surface area contributed by atoms with Crippen LogP contribution in [0.15, 0.2) is 48.8 Å². The summed E-state index contributed by atoms with van der Waals surface area (Å²) in [5.41, 5.74) is 2.93. The Hall–Kier alpha value is -2.24. The van der Waals surface area contributed by atoms with Crippen LogP contribution in [0.4, 0.5) is 0 Å². The van der Waals surface area contributed by atoms with Crippen LogP contribution in [0.1, 0.15) is 34.3 Å². The van der Waals surface area contributed by atoms with Gasteiger partial charge in [-0.3, -0.25) is 14.7 Å². The van der Waals surface area contributed by atoms with Crippen LogP contribution in [0, 0.1) is 0 Å². The first-order chi connectivity index (χ1) is 11.8. The van der Waals surface area contributed by atoms with E-state index in [1.807, 2.05) is 18.2 Å². The van der Waals surface area contributed by atoms with Crippen molar-refractivity contribution in [3.63, 3.8) is 0 Å². The summed E-state index contributed by atoms with van der Waals surface area (Å²) in [6.45, 7) is 2.53. The molecular formula is C19H23N3O2. The Morgan fingerprint density at radius 1 is 1.21 bits per heavy atom. The van der Waals surface area contributed by atoms with Gasteiger partial charge >= 0.3 is 0 Å². The largest absolute Gasteiger partial charge is 0.395 e. The molecule has 1 aliphatic heterocycles. The zero-order valence-corrected chi connectivity index (χ0v) is 13.7. The number of carbonyl (C=O) groups is 1. The molecular weight excluding hydrogens is 302 g/mol. The number of rotatable bonds is 6. The predicted molar refractivity (Wildman–Crippen MR) is 92.4 cm³/mol. The van der Waals surface area contributed by atoms with Gasteiger partial charge < -0.3 is 10.4 Å². The second kappa shape index (κ2) is 8.04. The standard InChI is InChI=1S/C19H23N3O2/c23-14-18-6-3-11-22(18)13-17-5-2-1-4-16(17)12-21-19(24)15-7-9-20-10-8-15/h1-2,4-5,7-10,18,23H,3,6,11-14H2,(H,21,24)/t18-/m0/s1. The molecule has 0 aliphatic carbocycles. The molecule has 1 aliphatic rings. The van der Waals surface area contributed by atoms with Gasteiger partial charge in [-0.25, -0.2) is 0 Å². The Morgan fingerprint density at radius 2 is 1.96 bits per heavy atom. The summed E-state index contributed by atoms with van der Waals surface area (Å²) >= 11 is 0.